The van der Waals surface area contributed by atoms with Crippen molar-refractivity contribution in [2.75, 3.05) is 26.2 Å². The van der Waals surface area contributed by atoms with Crippen LogP contribution in [0.25, 0.3) is 11.0 Å². The quantitative estimate of drug-likeness (QED) is 0.524. The highest BCUT2D eigenvalue weighted by Crippen LogP contribution is 2.22. The maximum absolute atomic E-state index is 13.8. The molecule has 1 atom stereocenters. The van der Waals surface area contributed by atoms with Crippen LogP contribution in [0.3, 0.4) is 0 Å². The summed E-state index contributed by atoms with van der Waals surface area (Å²) in [6.45, 7) is 4.97. The fourth-order valence-corrected chi connectivity index (χ4v) is 4.12. The van der Waals surface area contributed by atoms with Crippen LogP contribution in [-0.2, 0) is 11.4 Å². The van der Waals surface area contributed by atoms with Crippen LogP contribution in [-0.4, -0.2) is 63.9 Å². The number of carbonyl (C=O) groups is 2. The molecule has 1 fully saturated rings. The number of piperazine rings is 1. The van der Waals surface area contributed by atoms with E-state index in [4.69, 9.17) is 9.72 Å². The highest BCUT2D eigenvalue weighted by atomic mass is 16.5. The smallest absolute Gasteiger partial charge is 0.250 e. The number of hydrogen-bond acceptors (Lipinski definition) is 5. The number of imidazole rings is 1. The van der Waals surface area contributed by atoms with Crippen LogP contribution >= 0.6 is 0 Å². The minimum atomic E-state index is -0.258. The molecule has 1 aliphatic rings. The number of para-hydroxylation sites is 3. The Bertz CT molecular complexity index is 1030. The van der Waals surface area contributed by atoms with E-state index >= 15 is 0 Å². The Morgan fingerprint density at radius 1 is 1.06 bits per heavy atom. The van der Waals surface area contributed by atoms with Gasteiger partial charge < -0.3 is 9.64 Å². The lowest BCUT2D eigenvalue weighted by molar-refractivity contribution is -0.119. The van der Waals surface area contributed by atoms with Gasteiger partial charge >= 0.3 is 0 Å². The fraction of sp³-hybridized carbons (Fsp3) is 0.375. The molecule has 0 radical (unpaired) electrons. The van der Waals surface area contributed by atoms with Gasteiger partial charge in [0, 0.05) is 26.2 Å². The molecular formula is C24H28N4O3. The molecule has 0 N–H and O–H groups in total. The Kier molecular flexibility index (Phi) is 6.62. The first-order valence-corrected chi connectivity index (χ1v) is 10.8. The monoisotopic (exact) mass is 420 g/mol. The van der Waals surface area contributed by atoms with Gasteiger partial charge in [0.1, 0.15) is 12.4 Å². The predicted octanol–water partition coefficient (Wildman–Crippen LogP) is 3.20. The molecule has 0 bridgehead atoms. The Hall–Kier alpha value is -3.19. The summed E-state index contributed by atoms with van der Waals surface area (Å²) in [5, 5.41) is 0. The van der Waals surface area contributed by atoms with E-state index < -0.39 is 0 Å². The molecule has 2 aromatic carbocycles. The Balaban J connectivity index is 1.63. The van der Waals surface area contributed by atoms with Crippen LogP contribution in [0.5, 0.6) is 5.75 Å². The minimum absolute atomic E-state index is 0.0155. The second kappa shape index (κ2) is 9.75. The Labute approximate surface area is 182 Å². The van der Waals surface area contributed by atoms with Gasteiger partial charge in [-0.05, 0) is 30.7 Å². The first kappa shape index (κ1) is 21.1. The lowest BCUT2D eigenvalue weighted by atomic mass is 10.1. The molecule has 3 aromatic rings. The van der Waals surface area contributed by atoms with Crippen molar-refractivity contribution in [2.45, 2.75) is 32.4 Å². The van der Waals surface area contributed by atoms with Gasteiger partial charge in [0.05, 0.1) is 17.1 Å². The van der Waals surface area contributed by atoms with E-state index in [1.165, 1.54) is 0 Å². The molecule has 1 saturated heterocycles. The van der Waals surface area contributed by atoms with Crippen LogP contribution in [0.15, 0.2) is 54.6 Å². The average Bonchev–Trinajstić information content (AvgIpc) is 3.20. The van der Waals surface area contributed by atoms with Gasteiger partial charge in [-0.1, -0.05) is 43.7 Å². The molecule has 31 heavy (non-hydrogen) atoms. The van der Waals surface area contributed by atoms with Crippen LogP contribution in [0.4, 0.5) is 0 Å². The van der Waals surface area contributed by atoms with Gasteiger partial charge in [0.2, 0.25) is 12.3 Å². The van der Waals surface area contributed by atoms with Gasteiger partial charge in [0.15, 0.2) is 5.82 Å². The highest BCUT2D eigenvalue weighted by Gasteiger charge is 2.31. The highest BCUT2D eigenvalue weighted by molar-refractivity contribution is 5.94. The molecular weight excluding hydrogens is 392 g/mol. The van der Waals surface area contributed by atoms with Crippen molar-refractivity contribution in [1.29, 1.82) is 0 Å². The van der Waals surface area contributed by atoms with Crippen molar-refractivity contribution < 1.29 is 14.3 Å². The fourth-order valence-electron chi connectivity index (χ4n) is 4.12. The second-order valence-electron chi connectivity index (χ2n) is 7.77. The molecule has 7 heteroatoms. The number of rotatable bonds is 8. The molecule has 0 spiro atoms. The van der Waals surface area contributed by atoms with Gasteiger partial charge in [0.25, 0.3) is 0 Å². The zero-order valence-corrected chi connectivity index (χ0v) is 17.8. The summed E-state index contributed by atoms with van der Waals surface area (Å²) in [5.41, 5.74) is 1.58. The van der Waals surface area contributed by atoms with E-state index in [-0.39, 0.29) is 18.6 Å². The first-order valence-electron chi connectivity index (χ1n) is 10.8. The SMILES string of the molecule is CCCC(C(=O)n1c(COc2ccccc2)nc2ccccc21)N1CCN(C=O)CC1. The summed E-state index contributed by atoms with van der Waals surface area (Å²) in [4.78, 5) is 33.6. The maximum atomic E-state index is 13.8. The van der Waals surface area contributed by atoms with Crippen molar-refractivity contribution >= 4 is 23.4 Å². The van der Waals surface area contributed by atoms with Crippen molar-refractivity contribution in [3.8, 4) is 5.75 Å². The molecule has 1 unspecified atom stereocenters. The zero-order chi connectivity index (χ0) is 21.6. The minimum Gasteiger partial charge on any atom is -0.486 e. The molecule has 1 aliphatic heterocycles. The van der Waals surface area contributed by atoms with Crippen molar-refractivity contribution in [1.82, 2.24) is 19.4 Å². The van der Waals surface area contributed by atoms with E-state index in [1.807, 2.05) is 54.6 Å². The van der Waals surface area contributed by atoms with E-state index in [9.17, 15) is 9.59 Å². The maximum Gasteiger partial charge on any atom is 0.250 e. The van der Waals surface area contributed by atoms with E-state index in [1.54, 1.807) is 9.47 Å². The van der Waals surface area contributed by atoms with Crippen LogP contribution in [0.1, 0.15) is 30.4 Å². The summed E-state index contributed by atoms with van der Waals surface area (Å²) in [7, 11) is 0. The topological polar surface area (TPSA) is 67.7 Å². The predicted molar refractivity (Wildman–Crippen MR) is 119 cm³/mol. The number of amides is 1. The molecule has 7 nitrogen and oxygen atoms in total. The normalized spacial score (nSPS) is 15.7. The van der Waals surface area contributed by atoms with Crippen molar-refractivity contribution in [3.05, 3.63) is 60.4 Å². The third kappa shape index (κ3) is 4.61. The van der Waals surface area contributed by atoms with E-state index in [0.29, 0.717) is 32.0 Å². The number of nitrogens with zero attached hydrogens (tertiary/aromatic N) is 4. The van der Waals surface area contributed by atoms with Crippen molar-refractivity contribution in [3.63, 3.8) is 0 Å². The van der Waals surface area contributed by atoms with E-state index in [0.717, 1.165) is 36.0 Å². The molecule has 1 amide bonds. The summed E-state index contributed by atoms with van der Waals surface area (Å²) in [5.74, 6) is 1.35. The van der Waals surface area contributed by atoms with Gasteiger partial charge in [-0.2, -0.15) is 0 Å². The van der Waals surface area contributed by atoms with Crippen LogP contribution < -0.4 is 4.74 Å². The number of ether oxygens (including phenoxy) is 1. The molecule has 1 aromatic heterocycles. The Morgan fingerprint density at radius 3 is 2.48 bits per heavy atom. The van der Waals surface area contributed by atoms with E-state index in [2.05, 4.69) is 11.8 Å². The first-order chi connectivity index (χ1) is 15.2. The molecule has 4 rings (SSSR count). The summed E-state index contributed by atoms with van der Waals surface area (Å²) < 4.78 is 7.66. The number of aromatic nitrogens is 2. The largest absolute Gasteiger partial charge is 0.486 e. The summed E-state index contributed by atoms with van der Waals surface area (Å²) >= 11 is 0. The zero-order valence-electron chi connectivity index (χ0n) is 17.8. The average molecular weight is 421 g/mol. The second-order valence-corrected chi connectivity index (χ2v) is 7.77. The van der Waals surface area contributed by atoms with Gasteiger partial charge in [-0.25, -0.2) is 4.98 Å². The third-order valence-corrected chi connectivity index (χ3v) is 5.75. The van der Waals surface area contributed by atoms with Crippen molar-refractivity contribution in [2.24, 2.45) is 0 Å². The standard InChI is InChI=1S/C24H28N4O3/c1-2-8-22(27-15-13-26(18-29)14-16-27)24(30)28-21-12-7-6-11-20(21)25-23(28)17-31-19-9-4-3-5-10-19/h3-7,9-12,18,22H,2,8,13-17H2,1H3. The summed E-state index contributed by atoms with van der Waals surface area (Å²) in [6.07, 6.45) is 2.54. The summed E-state index contributed by atoms with van der Waals surface area (Å²) in [6, 6.07) is 17.0. The third-order valence-electron chi connectivity index (χ3n) is 5.75. The molecule has 0 saturated carbocycles. The molecule has 0 aliphatic carbocycles. The number of hydrogen-bond donors (Lipinski definition) is 0. The van der Waals surface area contributed by atoms with Crippen LogP contribution in [0, 0.1) is 0 Å². The number of benzene rings is 2. The lowest BCUT2D eigenvalue weighted by Crippen LogP contribution is -2.53. The number of fused-ring (bicyclic) bond motifs is 1. The lowest BCUT2D eigenvalue weighted by Gasteiger charge is -2.37. The Morgan fingerprint density at radius 2 is 1.77 bits per heavy atom. The molecule has 162 valence electrons. The molecule has 2 heterocycles. The van der Waals surface area contributed by atoms with Crippen LogP contribution in [0.2, 0.25) is 0 Å². The van der Waals surface area contributed by atoms with Gasteiger partial charge in [-0.3, -0.25) is 19.1 Å². The van der Waals surface area contributed by atoms with Gasteiger partial charge in [-0.15, -0.1) is 0 Å². The number of carbonyl (C=O) groups excluding carboxylic acids is 2.